The molecule has 2 rings (SSSR count). The van der Waals surface area contributed by atoms with Gasteiger partial charge in [0.2, 0.25) is 0 Å². The molecule has 2 heterocycles. The van der Waals surface area contributed by atoms with Crippen LogP contribution in [0, 0.1) is 0 Å². The predicted octanol–water partition coefficient (Wildman–Crippen LogP) is 0.449. The number of carbonyl (C=O) groups excluding carboxylic acids is 1. The van der Waals surface area contributed by atoms with Crippen molar-refractivity contribution in [3.8, 4) is 0 Å². The van der Waals surface area contributed by atoms with Crippen LogP contribution in [0.25, 0.3) is 0 Å². The number of hydrogen-bond donors (Lipinski definition) is 1. The van der Waals surface area contributed by atoms with Gasteiger partial charge in [-0.15, -0.1) is 0 Å². The molecule has 1 aliphatic heterocycles. The zero-order chi connectivity index (χ0) is 10.7. The second kappa shape index (κ2) is 4.40. The SMILES string of the molecule is CC(=O)C1CNCCN1c1cccnc1. The second-order valence-electron chi connectivity index (χ2n) is 3.74. The monoisotopic (exact) mass is 205 g/mol. The fourth-order valence-corrected chi connectivity index (χ4v) is 1.90. The third kappa shape index (κ3) is 2.15. The molecule has 0 saturated carbocycles. The van der Waals surface area contributed by atoms with E-state index in [-0.39, 0.29) is 11.8 Å². The molecule has 0 aliphatic carbocycles. The van der Waals surface area contributed by atoms with Crippen molar-refractivity contribution in [2.45, 2.75) is 13.0 Å². The lowest BCUT2D eigenvalue weighted by atomic mass is 10.1. The summed E-state index contributed by atoms with van der Waals surface area (Å²) in [5.74, 6) is 0.200. The average molecular weight is 205 g/mol. The molecule has 1 saturated heterocycles. The molecule has 1 aliphatic rings. The summed E-state index contributed by atoms with van der Waals surface area (Å²) < 4.78 is 0. The van der Waals surface area contributed by atoms with Gasteiger partial charge in [-0.2, -0.15) is 0 Å². The van der Waals surface area contributed by atoms with Gasteiger partial charge >= 0.3 is 0 Å². The highest BCUT2D eigenvalue weighted by Crippen LogP contribution is 2.16. The molecule has 1 unspecified atom stereocenters. The summed E-state index contributed by atoms with van der Waals surface area (Å²) in [4.78, 5) is 17.7. The molecule has 1 fully saturated rings. The van der Waals surface area contributed by atoms with Crippen molar-refractivity contribution >= 4 is 11.5 Å². The van der Waals surface area contributed by atoms with Crippen LogP contribution >= 0.6 is 0 Å². The Morgan fingerprint density at radius 2 is 2.53 bits per heavy atom. The number of piperazine rings is 1. The zero-order valence-corrected chi connectivity index (χ0v) is 8.81. The summed E-state index contributed by atoms with van der Waals surface area (Å²) in [6.07, 6.45) is 3.55. The minimum Gasteiger partial charge on any atom is -0.358 e. The Hall–Kier alpha value is -1.42. The quantitative estimate of drug-likeness (QED) is 0.761. The Morgan fingerprint density at radius 1 is 1.67 bits per heavy atom. The van der Waals surface area contributed by atoms with Gasteiger partial charge in [0.25, 0.3) is 0 Å². The number of hydrogen-bond acceptors (Lipinski definition) is 4. The fourth-order valence-electron chi connectivity index (χ4n) is 1.90. The van der Waals surface area contributed by atoms with Crippen LogP contribution in [-0.4, -0.2) is 36.4 Å². The Morgan fingerprint density at radius 3 is 3.20 bits per heavy atom. The molecular weight excluding hydrogens is 190 g/mol. The van der Waals surface area contributed by atoms with Crippen LogP contribution in [0.15, 0.2) is 24.5 Å². The van der Waals surface area contributed by atoms with Gasteiger partial charge in [-0.1, -0.05) is 0 Å². The lowest BCUT2D eigenvalue weighted by molar-refractivity contribution is -0.118. The molecule has 80 valence electrons. The first-order valence-electron chi connectivity index (χ1n) is 5.17. The molecule has 15 heavy (non-hydrogen) atoms. The van der Waals surface area contributed by atoms with Crippen molar-refractivity contribution in [2.24, 2.45) is 0 Å². The number of ketones is 1. The normalized spacial score (nSPS) is 21.4. The summed E-state index contributed by atoms with van der Waals surface area (Å²) in [6.45, 7) is 4.14. The van der Waals surface area contributed by atoms with Gasteiger partial charge < -0.3 is 10.2 Å². The molecule has 4 heteroatoms. The Kier molecular flexibility index (Phi) is 2.97. The van der Waals surface area contributed by atoms with Gasteiger partial charge in [-0.3, -0.25) is 9.78 Å². The number of nitrogens with zero attached hydrogens (tertiary/aromatic N) is 2. The van der Waals surface area contributed by atoms with Crippen LogP contribution in [0.4, 0.5) is 5.69 Å². The first-order chi connectivity index (χ1) is 7.29. The van der Waals surface area contributed by atoms with E-state index < -0.39 is 0 Å². The Labute approximate surface area is 89.3 Å². The van der Waals surface area contributed by atoms with Gasteiger partial charge in [0, 0.05) is 25.8 Å². The fraction of sp³-hybridized carbons (Fsp3) is 0.455. The topological polar surface area (TPSA) is 45.2 Å². The van der Waals surface area contributed by atoms with Gasteiger partial charge in [-0.05, 0) is 19.1 Å². The van der Waals surface area contributed by atoms with E-state index in [1.54, 1.807) is 19.3 Å². The number of anilines is 1. The average Bonchev–Trinajstić information content (AvgIpc) is 2.30. The highest BCUT2D eigenvalue weighted by molar-refractivity contribution is 5.85. The minimum atomic E-state index is -0.0528. The molecule has 0 amide bonds. The second-order valence-corrected chi connectivity index (χ2v) is 3.74. The van der Waals surface area contributed by atoms with E-state index in [1.807, 2.05) is 12.1 Å². The van der Waals surface area contributed by atoms with Gasteiger partial charge in [0.05, 0.1) is 17.9 Å². The van der Waals surface area contributed by atoms with Crippen LogP contribution < -0.4 is 10.2 Å². The number of nitrogens with one attached hydrogen (secondary N) is 1. The number of rotatable bonds is 2. The number of carbonyl (C=O) groups is 1. The Balaban J connectivity index is 2.22. The van der Waals surface area contributed by atoms with Gasteiger partial charge in [0.15, 0.2) is 5.78 Å². The first-order valence-corrected chi connectivity index (χ1v) is 5.17. The summed E-state index contributed by atoms with van der Waals surface area (Å²) >= 11 is 0. The standard InChI is InChI=1S/C11H15N3O/c1-9(15)11-8-13-5-6-14(11)10-3-2-4-12-7-10/h2-4,7,11,13H,5-6,8H2,1H3. The zero-order valence-electron chi connectivity index (χ0n) is 8.81. The third-order valence-corrected chi connectivity index (χ3v) is 2.69. The van der Waals surface area contributed by atoms with Crippen molar-refractivity contribution in [2.75, 3.05) is 24.5 Å². The summed E-state index contributed by atoms with van der Waals surface area (Å²) in [7, 11) is 0. The summed E-state index contributed by atoms with van der Waals surface area (Å²) in [5.41, 5.74) is 1.03. The van der Waals surface area contributed by atoms with Crippen LogP contribution in [-0.2, 0) is 4.79 Å². The molecule has 1 N–H and O–H groups in total. The minimum absolute atomic E-state index is 0.0528. The van der Waals surface area contributed by atoms with Gasteiger partial charge in [-0.25, -0.2) is 0 Å². The van der Waals surface area contributed by atoms with Crippen molar-refractivity contribution in [3.05, 3.63) is 24.5 Å². The van der Waals surface area contributed by atoms with E-state index in [0.717, 1.165) is 25.3 Å². The van der Waals surface area contributed by atoms with Crippen LogP contribution in [0.5, 0.6) is 0 Å². The molecule has 1 aromatic rings. The number of pyridine rings is 1. The summed E-state index contributed by atoms with van der Waals surface area (Å²) in [5, 5.41) is 3.23. The summed E-state index contributed by atoms with van der Waals surface area (Å²) in [6, 6.07) is 3.84. The predicted molar refractivity (Wildman–Crippen MR) is 58.9 cm³/mol. The van der Waals surface area contributed by atoms with E-state index in [9.17, 15) is 4.79 Å². The maximum atomic E-state index is 11.5. The lowest BCUT2D eigenvalue weighted by Gasteiger charge is -2.36. The number of aromatic nitrogens is 1. The molecule has 0 bridgehead atoms. The van der Waals surface area contributed by atoms with E-state index in [2.05, 4.69) is 15.2 Å². The molecule has 0 aromatic carbocycles. The maximum Gasteiger partial charge on any atom is 0.153 e. The Bertz CT molecular complexity index is 339. The third-order valence-electron chi connectivity index (χ3n) is 2.69. The molecular formula is C11H15N3O. The molecule has 0 radical (unpaired) electrons. The number of Topliss-reactive ketones (excluding diaryl/α,β-unsaturated/α-hetero) is 1. The first kappa shape index (κ1) is 10.1. The lowest BCUT2D eigenvalue weighted by Crippen LogP contribution is -2.54. The van der Waals surface area contributed by atoms with Crippen molar-refractivity contribution in [3.63, 3.8) is 0 Å². The largest absolute Gasteiger partial charge is 0.358 e. The molecule has 1 aromatic heterocycles. The van der Waals surface area contributed by atoms with E-state index in [0.29, 0.717) is 0 Å². The van der Waals surface area contributed by atoms with Gasteiger partial charge in [0.1, 0.15) is 0 Å². The smallest absolute Gasteiger partial charge is 0.153 e. The highest BCUT2D eigenvalue weighted by atomic mass is 16.1. The van der Waals surface area contributed by atoms with Crippen LogP contribution in [0.1, 0.15) is 6.92 Å². The maximum absolute atomic E-state index is 11.5. The van der Waals surface area contributed by atoms with Crippen molar-refractivity contribution < 1.29 is 4.79 Å². The molecule has 0 spiro atoms. The molecule has 4 nitrogen and oxygen atoms in total. The molecule has 1 atom stereocenters. The van der Waals surface area contributed by atoms with E-state index in [4.69, 9.17) is 0 Å². The van der Waals surface area contributed by atoms with Crippen molar-refractivity contribution in [1.29, 1.82) is 0 Å². The van der Waals surface area contributed by atoms with Crippen molar-refractivity contribution in [1.82, 2.24) is 10.3 Å². The van der Waals surface area contributed by atoms with Crippen LogP contribution in [0.2, 0.25) is 0 Å². The highest BCUT2D eigenvalue weighted by Gasteiger charge is 2.25. The van der Waals surface area contributed by atoms with Crippen LogP contribution in [0.3, 0.4) is 0 Å². The van der Waals surface area contributed by atoms with E-state index >= 15 is 0 Å². The van der Waals surface area contributed by atoms with E-state index in [1.165, 1.54) is 0 Å².